The summed E-state index contributed by atoms with van der Waals surface area (Å²) in [4.78, 5) is 19.2. The van der Waals surface area contributed by atoms with Crippen LogP contribution in [0.5, 0.6) is 5.88 Å². The molecule has 0 radical (unpaired) electrons. The van der Waals surface area contributed by atoms with Crippen molar-refractivity contribution in [3.63, 3.8) is 0 Å². The Morgan fingerprint density at radius 3 is 2.75 bits per heavy atom. The molecule has 0 aliphatic carbocycles. The van der Waals surface area contributed by atoms with E-state index in [1.54, 1.807) is 28.8 Å². The maximum atomic E-state index is 12.8. The Morgan fingerprint density at radius 1 is 1.22 bits per heavy atom. The van der Waals surface area contributed by atoms with Crippen molar-refractivity contribution >= 4 is 35.0 Å². The maximum Gasteiger partial charge on any atom is 0.247 e. The SMILES string of the molecule is CC(=O)N1c2ccc(C)cc2-c2nnc(SCCC(C)C)nc2O[C@H]1c1cccc(Cl)c1. The molecule has 1 aliphatic rings. The number of ether oxygens (including phenoxy) is 1. The molecule has 8 heteroatoms. The second kappa shape index (κ2) is 9.46. The lowest BCUT2D eigenvalue weighted by Crippen LogP contribution is -2.36. The quantitative estimate of drug-likeness (QED) is 0.422. The van der Waals surface area contributed by atoms with E-state index in [1.807, 2.05) is 37.3 Å². The number of hydrogen-bond donors (Lipinski definition) is 0. The molecule has 6 nitrogen and oxygen atoms in total. The normalized spacial score (nSPS) is 15.1. The lowest BCUT2D eigenvalue weighted by Gasteiger charge is -2.30. The third-order valence-electron chi connectivity index (χ3n) is 5.16. The molecule has 32 heavy (non-hydrogen) atoms. The number of nitrogens with zero attached hydrogens (tertiary/aromatic N) is 4. The van der Waals surface area contributed by atoms with Crippen molar-refractivity contribution in [2.75, 3.05) is 10.7 Å². The van der Waals surface area contributed by atoms with Crippen LogP contribution in [0.3, 0.4) is 0 Å². The summed E-state index contributed by atoms with van der Waals surface area (Å²) in [6, 6.07) is 13.2. The standard InChI is InChI=1S/C24H25ClN4O2S/c1-14(2)10-11-32-24-26-22-21(27-28-24)19-12-15(3)8-9-20(19)29(16(4)30)23(31-22)17-6-5-7-18(25)13-17/h5-9,12-14,23H,10-11H2,1-4H3/t23-/m0/s1. The Kier molecular flexibility index (Phi) is 6.67. The highest BCUT2D eigenvalue weighted by molar-refractivity contribution is 7.99. The minimum Gasteiger partial charge on any atom is -0.447 e. The monoisotopic (exact) mass is 468 g/mol. The molecule has 0 saturated heterocycles. The zero-order valence-electron chi connectivity index (χ0n) is 18.5. The third-order valence-corrected chi connectivity index (χ3v) is 6.27. The predicted octanol–water partition coefficient (Wildman–Crippen LogP) is 6.08. The van der Waals surface area contributed by atoms with Gasteiger partial charge in [-0.25, -0.2) is 0 Å². The van der Waals surface area contributed by atoms with E-state index >= 15 is 0 Å². The summed E-state index contributed by atoms with van der Waals surface area (Å²) in [5.41, 5.74) is 3.77. The van der Waals surface area contributed by atoms with Crippen LogP contribution in [0.25, 0.3) is 11.3 Å². The summed E-state index contributed by atoms with van der Waals surface area (Å²) in [7, 11) is 0. The number of aryl methyl sites for hydroxylation is 1. The fourth-order valence-corrected chi connectivity index (χ4v) is 4.76. The molecule has 0 unspecified atom stereocenters. The molecule has 0 N–H and O–H groups in total. The van der Waals surface area contributed by atoms with Crippen LogP contribution in [0.4, 0.5) is 5.69 Å². The molecular weight excluding hydrogens is 444 g/mol. The van der Waals surface area contributed by atoms with Crippen LogP contribution in [0.2, 0.25) is 5.02 Å². The Labute approximate surface area is 197 Å². The number of amides is 1. The number of carbonyl (C=O) groups excluding carboxylic acids is 1. The van der Waals surface area contributed by atoms with E-state index in [2.05, 4.69) is 29.0 Å². The fraction of sp³-hybridized carbons (Fsp3) is 0.333. The van der Waals surface area contributed by atoms with Crippen molar-refractivity contribution in [3.05, 3.63) is 58.6 Å². The van der Waals surface area contributed by atoms with E-state index in [1.165, 1.54) is 6.92 Å². The molecule has 0 bridgehead atoms. The number of hydrogen-bond acceptors (Lipinski definition) is 6. The lowest BCUT2D eigenvalue weighted by molar-refractivity contribution is -0.118. The summed E-state index contributed by atoms with van der Waals surface area (Å²) >= 11 is 7.81. The first-order valence-electron chi connectivity index (χ1n) is 10.5. The summed E-state index contributed by atoms with van der Waals surface area (Å²) in [5.74, 6) is 1.68. The molecule has 1 aromatic heterocycles. The molecule has 1 amide bonds. The summed E-state index contributed by atoms with van der Waals surface area (Å²) in [6.45, 7) is 7.89. The predicted molar refractivity (Wildman–Crippen MR) is 128 cm³/mol. The van der Waals surface area contributed by atoms with Gasteiger partial charge in [-0.15, -0.1) is 10.2 Å². The lowest BCUT2D eigenvalue weighted by atomic mass is 10.0. The van der Waals surface area contributed by atoms with Gasteiger partial charge in [-0.05, 0) is 43.5 Å². The van der Waals surface area contributed by atoms with Crippen LogP contribution < -0.4 is 9.64 Å². The van der Waals surface area contributed by atoms with Crippen molar-refractivity contribution in [3.8, 4) is 17.1 Å². The van der Waals surface area contributed by atoms with Crippen LogP contribution in [0.1, 0.15) is 44.5 Å². The number of carbonyl (C=O) groups is 1. The van der Waals surface area contributed by atoms with Crippen LogP contribution >= 0.6 is 23.4 Å². The second-order valence-electron chi connectivity index (χ2n) is 8.21. The molecule has 4 rings (SSSR count). The molecule has 2 heterocycles. The number of fused-ring (bicyclic) bond motifs is 3. The molecule has 1 aliphatic heterocycles. The summed E-state index contributed by atoms with van der Waals surface area (Å²) in [5, 5.41) is 9.93. The average molecular weight is 469 g/mol. The van der Waals surface area contributed by atoms with Crippen molar-refractivity contribution < 1.29 is 9.53 Å². The Morgan fingerprint density at radius 2 is 2.03 bits per heavy atom. The first-order valence-corrected chi connectivity index (χ1v) is 11.9. The van der Waals surface area contributed by atoms with Gasteiger partial charge in [0.05, 0.1) is 5.69 Å². The van der Waals surface area contributed by atoms with Crippen molar-refractivity contribution in [1.82, 2.24) is 15.2 Å². The van der Waals surface area contributed by atoms with Crippen molar-refractivity contribution in [2.45, 2.75) is 45.5 Å². The van der Waals surface area contributed by atoms with Crippen molar-refractivity contribution in [2.24, 2.45) is 5.92 Å². The number of thioether (sulfide) groups is 1. The van der Waals surface area contributed by atoms with Gasteiger partial charge in [0, 0.05) is 28.8 Å². The van der Waals surface area contributed by atoms with Gasteiger partial charge in [0.15, 0.2) is 5.69 Å². The van der Waals surface area contributed by atoms with E-state index < -0.39 is 6.23 Å². The van der Waals surface area contributed by atoms with Gasteiger partial charge in [0.25, 0.3) is 0 Å². The van der Waals surface area contributed by atoms with Gasteiger partial charge in [-0.2, -0.15) is 4.98 Å². The minimum absolute atomic E-state index is 0.160. The molecular formula is C24H25ClN4O2S. The van der Waals surface area contributed by atoms with Gasteiger partial charge in [0.1, 0.15) is 0 Å². The highest BCUT2D eigenvalue weighted by Crippen LogP contribution is 2.44. The highest BCUT2D eigenvalue weighted by atomic mass is 35.5. The molecule has 0 spiro atoms. The topological polar surface area (TPSA) is 68.2 Å². The molecule has 3 aromatic rings. The number of rotatable bonds is 5. The largest absolute Gasteiger partial charge is 0.447 e. The van der Waals surface area contributed by atoms with Crippen LogP contribution in [0, 0.1) is 12.8 Å². The molecule has 2 aromatic carbocycles. The molecule has 0 fully saturated rings. The van der Waals surface area contributed by atoms with Gasteiger partial charge < -0.3 is 4.74 Å². The molecule has 0 saturated carbocycles. The number of aromatic nitrogens is 3. The van der Waals surface area contributed by atoms with Crippen molar-refractivity contribution in [1.29, 1.82) is 0 Å². The van der Waals surface area contributed by atoms with Crippen LogP contribution in [-0.4, -0.2) is 26.8 Å². The minimum atomic E-state index is -0.737. The van der Waals surface area contributed by atoms with Crippen LogP contribution in [0.15, 0.2) is 47.6 Å². The fourth-order valence-electron chi connectivity index (χ4n) is 3.54. The third kappa shape index (κ3) is 4.74. The van der Waals surface area contributed by atoms with E-state index in [0.717, 1.165) is 28.9 Å². The number of halogens is 1. The van der Waals surface area contributed by atoms with E-state index in [0.29, 0.717) is 33.4 Å². The Balaban J connectivity index is 1.85. The highest BCUT2D eigenvalue weighted by Gasteiger charge is 2.34. The van der Waals surface area contributed by atoms with Gasteiger partial charge in [0.2, 0.25) is 23.2 Å². The first-order chi connectivity index (χ1) is 15.3. The van der Waals surface area contributed by atoms with E-state index in [-0.39, 0.29) is 5.91 Å². The smallest absolute Gasteiger partial charge is 0.247 e. The number of anilines is 1. The maximum absolute atomic E-state index is 12.8. The van der Waals surface area contributed by atoms with E-state index in [4.69, 9.17) is 16.3 Å². The molecule has 166 valence electrons. The van der Waals surface area contributed by atoms with Crippen LogP contribution in [-0.2, 0) is 4.79 Å². The Hall–Kier alpha value is -2.64. The van der Waals surface area contributed by atoms with E-state index in [9.17, 15) is 4.79 Å². The zero-order chi connectivity index (χ0) is 22.8. The first kappa shape index (κ1) is 22.6. The second-order valence-corrected chi connectivity index (χ2v) is 9.71. The van der Waals surface area contributed by atoms with Gasteiger partial charge in [-0.1, -0.05) is 61.0 Å². The Bertz CT molecular complexity index is 1150. The number of benzene rings is 2. The zero-order valence-corrected chi connectivity index (χ0v) is 20.1. The summed E-state index contributed by atoms with van der Waals surface area (Å²) in [6.07, 6.45) is 0.316. The van der Waals surface area contributed by atoms with Gasteiger partial charge >= 0.3 is 0 Å². The average Bonchev–Trinajstić information content (AvgIpc) is 2.87. The van der Waals surface area contributed by atoms with Gasteiger partial charge in [-0.3, -0.25) is 9.69 Å². The summed E-state index contributed by atoms with van der Waals surface area (Å²) < 4.78 is 6.38. The molecule has 1 atom stereocenters.